The molecule has 182 valence electrons. The molecule has 0 saturated heterocycles. The van der Waals surface area contributed by atoms with Gasteiger partial charge in [0.2, 0.25) is 0 Å². The zero-order chi connectivity index (χ0) is 23.6. The highest BCUT2D eigenvalue weighted by Crippen LogP contribution is 2.50. The van der Waals surface area contributed by atoms with Crippen LogP contribution in [0, 0.1) is 0 Å². The van der Waals surface area contributed by atoms with Crippen LogP contribution < -0.4 is 0 Å². The van der Waals surface area contributed by atoms with E-state index in [9.17, 15) is 4.57 Å². The number of hydrogen-bond acceptors (Lipinski definition) is 7. The SMILES string of the molecule is [N-]=[N+]=NCCCCCCOP(=O)(OCCCCCCN=[N+]=[N-])OCCCCCCN=[N+]=[N-]. The fourth-order valence-electron chi connectivity index (χ4n) is 2.69. The lowest BCUT2D eigenvalue weighted by atomic mass is 10.2. The maximum atomic E-state index is 12.9. The van der Waals surface area contributed by atoms with Crippen molar-refractivity contribution < 1.29 is 18.1 Å². The van der Waals surface area contributed by atoms with Gasteiger partial charge in [0.25, 0.3) is 0 Å². The lowest BCUT2D eigenvalue weighted by Gasteiger charge is -2.18. The average molecular weight is 474 g/mol. The van der Waals surface area contributed by atoms with E-state index in [1.165, 1.54) is 0 Å². The third kappa shape index (κ3) is 21.3. The van der Waals surface area contributed by atoms with E-state index in [2.05, 4.69) is 30.1 Å². The van der Waals surface area contributed by atoms with Crippen molar-refractivity contribution in [2.75, 3.05) is 39.5 Å². The minimum atomic E-state index is -3.62. The molecular formula is C18H36N9O4P. The summed E-state index contributed by atoms with van der Waals surface area (Å²) in [6, 6.07) is 0. The Morgan fingerprint density at radius 2 is 0.781 bits per heavy atom. The van der Waals surface area contributed by atoms with E-state index in [4.69, 9.17) is 30.2 Å². The smallest absolute Gasteiger partial charge is 0.287 e. The monoisotopic (exact) mass is 473 g/mol. The van der Waals surface area contributed by atoms with Gasteiger partial charge in [-0.05, 0) is 55.1 Å². The number of hydrogen-bond donors (Lipinski definition) is 0. The van der Waals surface area contributed by atoms with Crippen molar-refractivity contribution >= 4 is 7.82 Å². The molecule has 0 saturated carbocycles. The molecule has 0 spiro atoms. The largest absolute Gasteiger partial charge is 0.474 e. The summed E-state index contributed by atoms with van der Waals surface area (Å²) in [5, 5.41) is 10.5. The second-order valence-corrected chi connectivity index (χ2v) is 8.72. The molecule has 0 aliphatic rings. The average Bonchev–Trinajstić information content (AvgIpc) is 2.79. The molecule has 0 aliphatic carbocycles. The van der Waals surface area contributed by atoms with E-state index in [1.54, 1.807) is 0 Å². The number of nitrogens with zero attached hydrogens (tertiary/aromatic N) is 9. The standard InChI is InChI=1S/C18H36N9O4P/c19-25-22-13-7-1-4-10-16-29-32(28,30-17-11-5-2-8-14-23-26-20)31-18-12-6-3-9-15-24-27-21/h1-18H2. The molecule has 0 fully saturated rings. The van der Waals surface area contributed by atoms with Gasteiger partial charge in [0.1, 0.15) is 0 Å². The third-order valence-electron chi connectivity index (χ3n) is 4.40. The Hall–Kier alpha value is -1.96. The number of unbranched alkanes of at least 4 members (excludes halogenated alkanes) is 9. The fourth-order valence-corrected chi connectivity index (χ4v) is 3.97. The van der Waals surface area contributed by atoms with Gasteiger partial charge in [-0.15, -0.1) is 0 Å². The minimum absolute atomic E-state index is 0.275. The summed E-state index contributed by atoms with van der Waals surface area (Å²) >= 11 is 0. The maximum absolute atomic E-state index is 12.9. The molecule has 0 N–H and O–H groups in total. The van der Waals surface area contributed by atoms with Crippen LogP contribution in [0.4, 0.5) is 0 Å². The van der Waals surface area contributed by atoms with Crippen molar-refractivity contribution in [2.45, 2.75) is 77.0 Å². The summed E-state index contributed by atoms with van der Waals surface area (Å²) in [4.78, 5) is 8.14. The van der Waals surface area contributed by atoms with Crippen molar-refractivity contribution in [2.24, 2.45) is 15.3 Å². The third-order valence-corrected chi connectivity index (χ3v) is 5.89. The Kier molecular flexibility index (Phi) is 22.2. The van der Waals surface area contributed by atoms with E-state index in [0.717, 1.165) is 57.8 Å². The van der Waals surface area contributed by atoms with Gasteiger partial charge >= 0.3 is 7.82 Å². The van der Waals surface area contributed by atoms with Crippen LogP contribution in [-0.2, 0) is 18.1 Å². The zero-order valence-corrected chi connectivity index (χ0v) is 19.7. The zero-order valence-electron chi connectivity index (χ0n) is 18.8. The molecule has 32 heavy (non-hydrogen) atoms. The summed E-state index contributed by atoms with van der Waals surface area (Å²) in [6.07, 6.45) is 9.91. The van der Waals surface area contributed by atoms with Crippen molar-refractivity contribution in [3.63, 3.8) is 0 Å². The van der Waals surface area contributed by atoms with Crippen LogP contribution in [0.5, 0.6) is 0 Å². The Morgan fingerprint density at radius 3 is 1.06 bits per heavy atom. The second kappa shape index (κ2) is 23.7. The van der Waals surface area contributed by atoms with Crippen LogP contribution in [0.1, 0.15) is 77.0 Å². The highest BCUT2D eigenvalue weighted by molar-refractivity contribution is 7.48. The van der Waals surface area contributed by atoms with Crippen LogP contribution >= 0.6 is 7.82 Å². The lowest BCUT2D eigenvalue weighted by Crippen LogP contribution is -2.04. The van der Waals surface area contributed by atoms with E-state index < -0.39 is 7.82 Å². The summed E-state index contributed by atoms with van der Waals surface area (Å²) in [5.74, 6) is 0. The van der Waals surface area contributed by atoms with Crippen LogP contribution in [0.15, 0.2) is 15.3 Å². The summed E-state index contributed by atoms with van der Waals surface area (Å²) in [6.45, 7) is 2.26. The molecule has 0 aromatic rings. The van der Waals surface area contributed by atoms with Gasteiger partial charge < -0.3 is 0 Å². The van der Waals surface area contributed by atoms with E-state index in [0.29, 0.717) is 38.9 Å². The highest BCUT2D eigenvalue weighted by atomic mass is 31.2. The number of azide groups is 3. The maximum Gasteiger partial charge on any atom is 0.474 e. The second-order valence-electron chi connectivity index (χ2n) is 7.05. The first-order valence-electron chi connectivity index (χ1n) is 11.2. The molecule has 0 radical (unpaired) electrons. The molecule has 0 atom stereocenters. The van der Waals surface area contributed by atoms with Crippen molar-refractivity contribution in [3.8, 4) is 0 Å². The molecule has 0 heterocycles. The van der Waals surface area contributed by atoms with Crippen molar-refractivity contribution in [1.29, 1.82) is 0 Å². The highest BCUT2D eigenvalue weighted by Gasteiger charge is 2.26. The lowest BCUT2D eigenvalue weighted by molar-refractivity contribution is 0.108. The predicted molar refractivity (Wildman–Crippen MR) is 123 cm³/mol. The van der Waals surface area contributed by atoms with Crippen LogP contribution in [0.25, 0.3) is 31.3 Å². The minimum Gasteiger partial charge on any atom is -0.287 e. The first kappa shape index (κ1) is 30.0. The Bertz CT molecular complexity index is 563. The van der Waals surface area contributed by atoms with Gasteiger partial charge in [0, 0.05) is 34.4 Å². The van der Waals surface area contributed by atoms with Crippen molar-refractivity contribution in [3.05, 3.63) is 31.3 Å². The first-order chi connectivity index (χ1) is 15.7. The Labute approximate surface area is 189 Å². The predicted octanol–water partition coefficient (Wildman–Crippen LogP) is 7.76. The van der Waals surface area contributed by atoms with Gasteiger partial charge in [0.15, 0.2) is 0 Å². The fraction of sp³-hybridized carbons (Fsp3) is 1.00. The van der Waals surface area contributed by atoms with Gasteiger partial charge in [0.05, 0.1) is 19.8 Å². The molecule has 13 nitrogen and oxygen atoms in total. The topological polar surface area (TPSA) is 191 Å². The molecule has 0 unspecified atom stereocenters. The van der Waals surface area contributed by atoms with Crippen LogP contribution in [0.2, 0.25) is 0 Å². The molecule has 0 bridgehead atoms. The molecule has 14 heteroatoms. The summed E-state index contributed by atoms with van der Waals surface area (Å²) in [7, 11) is -3.62. The number of rotatable bonds is 24. The van der Waals surface area contributed by atoms with E-state index in [1.807, 2.05) is 0 Å². The number of phosphoric acid groups is 1. The van der Waals surface area contributed by atoms with Crippen molar-refractivity contribution in [1.82, 2.24) is 0 Å². The normalized spacial score (nSPS) is 12.2. The first-order valence-corrected chi connectivity index (χ1v) is 12.7. The van der Waals surface area contributed by atoms with Gasteiger partial charge in [-0.1, -0.05) is 53.9 Å². The Balaban J connectivity index is 4.16. The van der Waals surface area contributed by atoms with Gasteiger partial charge in [-0.3, -0.25) is 13.6 Å². The quantitative estimate of drug-likeness (QED) is 0.0454. The summed E-state index contributed by atoms with van der Waals surface area (Å²) < 4.78 is 29.4. The molecule has 0 aliphatic heterocycles. The molecule has 0 aromatic heterocycles. The number of phosphoric ester groups is 1. The molecular weight excluding hydrogens is 437 g/mol. The van der Waals surface area contributed by atoms with Gasteiger partial charge in [-0.25, -0.2) is 4.57 Å². The van der Waals surface area contributed by atoms with Gasteiger partial charge in [-0.2, -0.15) is 0 Å². The molecule has 0 amide bonds. The van der Waals surface area contributed by atoms with Crippen LogP contribution in [0.3, 0.4) is 0 Å². The summed E-state index contributed by atoms with van der Waals surface area (Å²) in [5.41, 5.74) is 24.7. The van der Waals surface area contributed by atoms with E-state index >= 15 is 0 Å². The van der Waals surface area contributed by atoms with E-state index in [-0.39, 0.29) is 19.8 Å². The molecule has 0 aromatic carbocycles. The van der Waals surface area contributed by atoms with Crippen LogP contribution in [-0.4, -0.2) is 39.5 Å². The Morgan fingerprint density at radius 1 is 0.500 bits per heavy atom. The molecule has 0 rings (SSSR count).